The third-order valence-corrected chi connectivity index (χ3v) is 4.70. The molecule has 1 aromatic rings. The summed E-state index contributed by atoms with van der Waals surface area (Å²) in [6.07, 6.45) is 0. The van der Waals surface area contributed by atoms with Crippen molar-refractivity contribution in [2.75, 3.05) is 5.32 Å². The maximum atomic E-state index is 13.1. The SMILES string of the molecule is CC1=C(C(=O)C(C)C)C2(C(=O)Nc3ccc(Cl)cc32)C(C#N)=C(N)O1. The molecule has 1 atom stereocenters. The molecular weight excluding hydrogens is 342 g/mol. The number of hydrogen-bond donors (Lipinski definition) is 2. The zero-order valence-electron chi connectivity index (χ0n) is 13.9. The Labute approximate surface area is 149 Å². The molecular formula is C18H16ClN3O3. The number of ketones is 1. The number of halogens is 1. The summed E-state index contributed by atoms with van der Waals surface area (Å²) in [5, 5.41) is 12.8. The molecule has 3 rings (SSSR count). The summed E-state index contributed by atoms with van der Waals surface area (Å²) in [6, 6.07) is 6.80. The molecule has 0 saturated heterocycles. The van der Waals surface area contributed by atoms with Gasteiger partial charge in [-0.1, -0.05) is 25.4 Å². The van der Waals surface area contributed by atoms with Crippen molar-refractivity contribution in [2.24, 2.45) is 11.7 Å². The molecule has 0 bridgehead atoms. The van der Waals surface area contributed by atoms with Crippen molar-refractivity contribution in [3.05, 3.63) is 51.6 Å². The predicted octanol–water partition coefficient (Wildman–Crippen LogP) is 2.75. The number of hydrogen-bond acceptors (Lipinski definition) is 5. The molecule has 25 heavy (non-hydrogen) atoms. The van der Waals surface area contributed by atoms with Gasteiger partial charge in [0.25, 0.3) is 0 Å². The maximum absolute atomic E-state index is 13.1. The predicted molar refractivity (Wildman–Crippen MR) is 92.2 cm³/mol. The number of Topliss-reactive ketones (excluding diaryl/α,β-unsaturated/α-hetero) is 1. The van der Waals surface area contributed by atoms with Gasteiger partial charge in [0.05, 0.1) is 5.57 Å². The van der Waals surface area contributed by atoms with E-state index in [9.17, 15) is 14.9 Å². The summed E-state index contributed by atoms with van der Waals surface area (Å²) in [5.41, 5.74) is 5.18. The molecule has 2 aliphatic heterocycles. The number of carbonyl (C=O) groups excluding carboxylic acids is 2. The van der Waals surface area contributed by atoms with Crippen molar-refractivity contribution in [2.45, 2.75) is 26.2 Å². The van der Waals surface area contributed by atoms with Crippen molar-refractivity contribution in [1.82, 2.24) is 0 Å². The van der Waals surface area contributed by atoms with E-state index in [1.54, 1.807) is 39.0 Å². The summed E-state index contributed by atoms with van der Waals surface area (Å²) in [4.78, 5) is 26.0. The van der Waals surface area contributed by atoms with Crippen LogP contribution in [0.4, 0.5) is 5.69 Å². The van der Waals surface area contributed by atoms with Crippen molar-refractivity contribution in [3.8, 4) is 6.07 Å². The van der Waals surface area contributed by atoms with Crippen LogP contribution in [0, 0.1) is 17.2 Å². The molecule has 0 radical (unpaired) electrons. The summed E-state index contributed by atoms with van der Waals surface area (Å²) in [7, 11) is 0. The number of nitriles is 1. The first-order valence-electron chi connectivity index (χ1n) is 7.70. The number of allylic oxidation sites excluding steroid dienone is 1. The lowest BCUT2D eigenvalue weighted by molar-refractivity contribution is -0.124. The van der Waals surface area contributed by atoms with E-state index in [4.69, 9.17) is 22.1 Å². The van der Waals surface area contributed by atoms with E-state index in [1.807, 2.05) is 6.07 Å². The van der Waals surface area contributed by atoms with E-state index in [0.717, 1.165) is 0 Å². The van der Waals surface area contributed by atoms with Gasteiger partial charge in [-0.2, -0.15) is 5.26 Å². The fraction of sp³-hybridized carbons (Fsp3) is 0.278. The number of ether oxygens (including phenoxy) is 1. The highest BCUT2D eigenvalue weighted by atomic mass is 35.5. The summed E-state index contributed by atoms with van der Waals surface area (Å²) < 4.78 is 5.43. The lowest BCUT2D eigenvalue weighted by atomic mass is 9.66. The van der Waals surface area contributed by atoms with Crippen LogP contribution in [-0.2, 0) is 19.7 Å². The first-order valence-corrected chi connectivity index (χ1v) is 8.08. The van der Waals surface area contributed by atoms with Crippen molar-refractivity contribution < 1.29 is 14.3 Å². The number of anilines is 1. The van der Waals surface area contributed by atoms with Gasteiger partial charge in [0.1, 0.15) is 22.8 Å². The number of fused-ring (bicyclic) bond motifs is 2. The fourth-order valence-corrected chi connectivity index (χ4v) is 3.57. The molecule has 128 valence electrons. The lowest BCUT2D eigenvalue weighted by Crippen LogP contribution is -2.46. The Morgan fingerprint density at radius 1 is 1.44 bits per heavy atom. The van der Waals surface area contributed by atoms with Crippen LogP contribution in [-0.4, -0.2) is 11.7 Å². The Morgan fingerprint density at radius 3 is 2.72 bits per heavy atom. The van der Waals surface area contributed by atoms with Crippen LogP contribution in [0.25, 0.3) is 0 Å². The number of nitrogens with two attached hydrogens (primary N) is 1. The molecule has 0 aliphatic carbocycles. The summed E-state index contributed by atoms with van der Waals surface area (Å²) in [5.74, 6) is -1.20. The van der Waals surface area contributed by atoms with E-state index >= 15 is 0 Å². The van der Waals surface area contributed by atoms with Crippen LogP contribution >= 0.6 is 11.6 Å². The van der Waals surface area contributed by atoms with Gasteiger partial charge in [-0.25, -0.2) is 0 Å². The van der Waals surface area contributed by atoms with E-state index in [-0.39, 0.29) is 28.6 Å². The minimum absolute atomic E-state index is 0.111. The molecule has 2 heterocycles. The molecule has 1 amide bonds. The molecule has 2 aliphatic rings. The molecule has 0 fully saturated rings. The molecule has 7 heteroatoms. The van der Waals surface area contributed by atoms with Gasteiger partial charge in [0.15, 0.2) is 5.78 Å². The Morgan fingerprint density at radius 2 is 2.12 bits per heavy atom. The third-order valence-electron chi connectivity index (χ3n) is 4.47. The van der Waals surface area contributed by atoms with Crippen LogP contribution in [0.15, 0.2) is 41.0 Å². The second kappa shape index (κ2) is 5.64. The average molecular weight is 358 g/mol. The zero-order chi connectivity index (χ0) is 18.5. The number of rotatable bonds is 2. The number of carbonyl (C=O) groups is 2. The Balaban J connectivity index is 2.45. The van der Waals surface area contributed by atoms with E-state index in [1.165, 1.54) is 0 Å². The molecule has 0 aromatic heterocycles. The smallest absolute Gasteiger partial charge is 0.245 e. The lowest BCUT2D eigenvalue weighted by Gasteiger charge is -2.35. The summed E-state index contributed by atoms with van der Waals surface area (Å²) in [6.45, 7) is 5.00. The molecule has 3 N–H and O–H groups in total. The van der Waals surface area contributed by atoms with Gasteiger partial charge >= 0.3 is 0 Å². The Hall–Kier alpha value is -2.78. The first-order chi connectivity index (χ1) is 11.7. The number of amides is 1. The van der Waals surface area contributed by atoms with Gasteiger partial charge in [-0.3, -0.25) is 9.59 Å². The van der Waals surface area contributed by atoms with Gasteiger partial charge in [0.2, 0.25) is 11.8 Å². The van der Waals surface area contributed by atoms with Crippen molar-refractivity contribution >= 4 is 29.0 Å². The van der Waals surface area contributed by atoms with Crippen molar-refractivity contribution in [1.29, 1.82) is 5.26 Å². The van der Waals surface area contributed by atoms with Gasteiger partial charge < -0.3 is 15.8 Å². The molecule has 1 aromatic carbocycles. The summed E-state index contributed by atoms with van der Waals surface area (Å²) >= 11 is 6.13. The van der Waals surface area contributed by atoms with Crippen LogP contribution in [0.2, 0.25) is 5.02 Å². The largest absolute Gasteiger partial charge is 0.445 e. The number of nitrogens with one attached hydrogen (secondary N) is 1. The van der Waals surface area contributed by atoms with Crippen molar-refractivity contribution in [3.63, 3.8) is 0 Å². The standard InChI is InChI=1S/C18H16ClN3O3/c1-8(2)15(23)14-9(3)25-16(21)12(7-20)18(14)11-6-10(19)4-5-13(11)22-17(18)24/h4-6,8H,21H2,1-3H3,(H,22,24). The second-order valence-corrected chi connectivity index (χ2v) is 6.73. The fourth-order valence-electron chi connectivity index (χ4n) is 3.40. The van der Waals surface area contributed by atoms with Crippen LogP contribution in [0.3, 0.4) is 0 Å². The minimum Gasteiger partial charge on any atom is -0.445 e. The monoisotopic (exact) mass is 357 g/mol. The highest BCUT2D eigenvalue weighted by Crippen LogP contribution is 2.52. The van der Waals surface area contributed by atoms with Crippen LogP contribution in [0.5, 0.6) is 0 Å². The Bertz CT molecular complexity index is 924. The van der Waals surface area contributed by atoms with E-state index in [0.29, 0.717) is 16.3 Å². The highest BCUT2D eigenvalue weighted by Gasteiger charge is 2.59. The zero-order valence-corrected chi connectivity index (χ0v) is 14.7. The first kappa shape index (κ1) is 17.1. The molecule has 6 nitrogen and oxygen atoms in total. The number of nitrogens with zero attached hydrogens (tertiary/aromatic N) is 1. The van der Waals surface area contributed by atoms with Crippen LogP contribution in [0.1, 0.15) is 26.3 Å². The van der Waals surface area contributed by atoms with Crippen LogP contribution < -0.4 is 11.1 Å². The Kier molecular flexibility index (Phi) is 3.85. The number of benzene rings is 1. The minimum atomic E-state index is -1.65. The average Bonchev–Trinajstić information content (AvgIpc) is 2.80. The van der Waals surface area contributed by atoms with Gasteiger partial charge in [0, 0.05) is 22.2 Å². The molecule has 1 unspecified atom stereocenters. The normalized spacial score (nSPS) is 22.0. The third kappa shape index (κ3) is 2.16. The molecule has 0 saturated carbocycles. The van der Waals surface area contributed by atoms with E-state index < -0.39 is 17.2 Å². The second-order valence-electron chi connectivity index (χ2n) is 6.30. The van der Waals surface area contributed by atoms with Gasteiger partial charge in [-0.05, 0) is 25.1 Å². The topological polar surface area (TPSA) is 105 Å². The highest BCUT2D eigenvalue weighted by molar-refractivity contribution is 6.31. The van der Waals surface area contributed by atoms with E-state index in [2.05, 4.69) is 5.32 Å². The van der Waals surface area contributed by atoms with Gasteiger partial charge in [-0.15, -0.1) is 0 Å². The quantitative estimate of drug-likeness (QED) is 0.846. The maximum Gasteiger partial charge on any atom is 0.245 e. The molecule has 1 spiro atoms.